The molecule has 0 aromatic heterocycles. The molecule has 4 nitrogen and oxygen atoms in total. The van der Waals surface area contributed by atoms with Crippen molar-refractivity contribution in [2.75, 3.05) is 25.0 Å². The highest BCUT2D eigenvalue weighted by Crippen LogP contribution is 2.27. The van der Waals surface area contributed by atoms with Gasteiger partial charge in [0.05, 0.1) is 31.3 Å². The molecule has 1 amide bonds. The van der Waals surface area contributed by atoms with Crippen LogP contribution in [0.5, 0.6) is 0 Å². The van der Waals surface area contributed by atoms with Gasteiger partial charge in [-0.3, -0.25) is 4.79 Å². The number of likely N-dealkylation sites (tertiary alicyclic amines) is 1. The number of piperidine rings is 1. The molecule has 4 heteroatoms. The molecule has 1 N–H and O–H groups in total. The lowest BCUT2D eigenvalue weighted by Crippen LogP contribution is -2.61. The fraction of sp³-hybridized carbons (Fsp3) is 0.600. The summed E-state index contributed by atoms with van der Waals surface area (Å²) in [5.74, 6) is 0.122. The Morgan fingerprint density at radius 2 is 1.79 bits per heavy atom. The number of anilines is 1. The summed E-state index contributed by atoms with van der Waals surface area (Å²) in [7, 11) is 0. The molecule has 1 aliphatic heterocycles. The summed E-state index contributed by atoms with van der Waals surface area (Å²) >= 11 is 0. The molecule has 1 unspecified atom stereocenters. The Bertz CT molecular complexity index is 616. The number of hydrogen-bond acceptors (Lipinski definition) is 2. The number of likely N-dealkylation sites (N-methyl/N-ethyl adjacent to an activating group) is 1. The highest BCUT2D eigenvalue weighted by atomic mass is 16.2. The van der Waals surface area contributed by atoms with Crippen LogP contribution in [0.15, 0.2) is 12.1 Å². The summed E-state index contributed by atoms with van der Waals surface area (Å²) in [4.78, 5) is 13.1. The van der Waals surface area contributed by atoms with Gasteiger partial charge in [0.15, 0.2) is 6.04 Å². The number of hydrogen-bond donors (Lipinski definition) is 1. The SMILES string of the molecule is CCC(C(=O)Nc1c(C)cc(C#N)cc1C)[N+]1(CC)CCCCC1. The van der Waals surface area contributed by atoms with Crippen LogP contribution in [0.25, 0.3) is 0 Å². The van der Waals surface area contributed by atoms with E-state index in [1.165, 1.54) is 19.3 Å². The molecule has 130 valence electrons. The van der Waals surface area contributed by atoms with E-state index in [0.29, 0.717) is 5.56 Å². The van der Waals surface area contributed by atoms with Gasteiger partial charge < -0.3 is 9.80 Å². The van der Waals surface area contributed by atoms with E-state index in [1.54, 1.807) is 0 Å². The average Bonchev–Trinajstić information content (AvgIpc) is 2.59. The quantitative estimate of drug-likeness (QED) is 0.833. The number of quaternary nitrogens is 1. The highest BCUT2D eigenvalue weighted by Gasteiger charge is 2.40. The number of aryl methyl sites for hydroxylation is 2. The molecule has 1 saturated heterocycles. The maximum atomic E-state index is 13.1. The van der Waals surface area contributed by atoms with Crippen molar-refractivity contribution >= 4 is 11.6 Å². The van der Waals surface area contributed by atoms with Crippen LogP contribution in [0.4, 0.5) is 5.69 Å². The van der Waals surface area contributed by atoms with E-state index in [1.807, 2.05) is 26.0 Å². The molecular formula is C20H30N3O+. The standard InChI is InChI=1S/C20H29N3O/c1-5-18(23(6-2)10-8-7-9-11-23)20(24)22-19-15(3)12-17(14-21)13-16(19)4/h12-13,18H,5-11H2,1-4H3/p+1. The Kier molecular flexibility index (Phi) is 6.01. The van der Waals surface area contributed by atoms with Gasteiger partial charge in [-0.1, -0.05) is 6.92 Å². The number of rotatable bonds is 5. The average molecular weight is 328 g/mol. The van der Waals surface area contributed by atoms with Gasteiger partial charge in [0, 0.05) is 12.1 Å². The Morgan fingerprint density at radius 3 is 2.25 bits per heavy atom. The van der Waals surface area contributed by atoms with Gasteiger partial charge in [0.2, 0.25) is 0 Å². The number of nitriles is 1. The van der Waals surface area contributed by atoms with Crippen LogP contribution in [0.1, 0.15) is 56.2 Å². The molecule has 1 aliphatic rings. The maximum absolute atomic E-state index is 13.1. The van der Waals surface area contributed by atoms with E-state index in [4.69, 9.17) is 5.26 Å². The fourth-order valence-electron chi connectivity index (χ4n) is 4.24. The molecule has 1 aromatic rings. The van der Waals surface area contributed by atoms with Crippen LogP contribution in [0.3, 0.4) is 0 Å². The second-order valence-electron chi connectivity index (χ2n) is 7.05. The molecule has 1 aromatic carbocycles. The molecule has 1 fully saturated rings. The second kappa shape index (κ2) is 7.81. The van der Waals surface area contributed by atoms with Crippen LogP contribution in [0, 0.1) is 25.2 Å². The number of benzene rings is 1. The lowest BCUT2D eigenvalue weighted by Gasteiger charge is -2.45. The van der Waals surface area contributed by atoms with Crippen LogP contribution >= 0.6 is 0 Å². The first-order valence-electron chi connectivity index (χ1n) is 9.15. The van der Waals surface area contributed by atoms with E-state index in [0.717, 1.165) is 47.4 Å². The molecule has 0 saturated carbocycles. The third-order valence-electron chi connectivity index (χ3n) is 5.60. The topological polar surface area (TPSA) is 52.9 Å². The lowest BCUT2D eigenvalue weighted by molar-refractivity contribution is -0.945. The molecule has 24 heavy (non-hydrogen) atoms. The van der Waals surface area contributed by atoms with E-state index >= 15 is 0 Å². The van der Waals surface area contributed by atoms with Crippen molar-refractivity contribution < 1.29 is 9.28 Å². The minimum absolute atomic E-state index is 0.00439. The van der Waals surface area contributed by atoms with E-state index in [-0.39, 0.29) is 11.9 Å². The van der Waals surface area contributed by atoms with Crippen LogP contribution in [-0.2, 0) is 4.79 Å². The largest absolute Gasteiger partial charge is 0.320 e. The Labute approximate surface area is 146 Å². The van der Waals surface area contributed by atoms with Crippen molar-refractivity contribution in [2.45, 2.75) is 59.4 Å². The zero-order valence-electron chi connectivity index (χ0n) is 15.5. The van der Waals surface area contributed by atoms with Gasteiger partial charge in [0.1, 0.15) is 0 Å². The van der Waals surface area contributed by atoms with Crippen molar-refractivity contribution in [3.63, 3.8) is 0 Å². The summed E-state index contributed by atoms with van der Waals surface area (Å²) in [6.45, 7) is 11.5. The minimum atomic E-state index is 0.00439. The summed E-state index contributed by atoms with van der Waals surface area (Å²) in [5, 5.41) is 12.3. The number of nitrogens with zero attached hydrogens (tertiary/aromatic N) is 2. The Balaban J connectivity index is 2.26. The number of nitrogens with one attached hydrogen (secondary N) is 1. The van der Waals surface area contributed by atoms with Crippen molar-refractivity contribution in [1.82, 2.24) is 0 Å². The normalized spacial score (nSPS) is 17.8. The molecule has 0 bridgehead atoms. The Hall–Kier alpha value is -1.86. The summed E-state index contributed by atoms with van der Waals surface area (Å²) < 4.78 is 0.913. The van der Waals surface area contributed by atoms with Crippen LogP contribution < -0.4 is 5.32 Å². The second-order valence-corrected chi connectivity index (χ2v) is 7.05. The summed E-state index contributed by atoms with van der Waals surface area (Å²) in [6.07, 6.45) is 4.57. The smallest absolute Gasteiger partial charge is 0.282 e. The lowest BCUT2D eigenvalue weighted by atomic mass is 9.99. The fourth-order valence-corrected chi connectivity index (χ4v) is 4.24. The van der Waals surface area contributed by atoms with Crippen molar-refractivity contribution in [3.8, 4) is 6.07 Å². The van der Waals surface area contributed by atoms with Gasteiger partial charge in [-0.25, -0.2) is 0 Å². The first-order chi connectivity index (χ1) is 11.5. The van der Waals surface area contributed by atoms with E-state index < -0.39 is 0 Å². The van der Waals surface area contributed by atoms with Crippen LogP contribution in [-0.4, -0.2) is 36.1 Å². The Morgan fingerprint density at radius 1 is 1.21 bits per heavy atom. The number of amides is 1. The number of carbonyl (C=O) groups is 1. The monoisotopic (exact) mass is 328 g/mol. The van der Waals surface area contributed by atoms with E-state index in [9.17, 15) is 4.79 Å². The molecule has 0 radical (unpaired) electrons. The zero-order chi connectivity index (χ0) is 17.7. The third kappa shape index (κ3) is 3.62. The van der Waals surface area contributed by atoms with Gasteiger partial charge in [-0.2, -0.15) is 5.26 Å². The first kappa shape index (κ1) is 18.5. The van der Waals surface area contributed by atoms with Gasteiger partial charge in [-0.15, -0.1) is 0 Å². The molecule has 2 rings (SSSR count). The third-order valence-corrected chi connectivity index (χ3v) is 5.60. The predicted molar refractivity (Wildman–Crippen MR) is 97.7 cm³/mol. The minimum Gasteiger partial charge on any atom is -0.320 e. The summed E-state index contributed by atoms with van der Waals surface area (Å²) in [6, 6.07) is 5.86. The molecular weight excluding hydrogens is 298 g/mol. The van der Waals surface area contributed by atoms with Gasteiger partial charge in [0.25, 0.3) is 5.91 Å². The summed E-state index contributed by atoms with van der Waals surface area (Å²) in [5.41, 5.74) is 3.42. The van der Waals surface area contributed by atoms with Gasteiger partial charge in [-0.05, 0) is 63.3 Å². The van der Waals surface area contributed by atoms with Crippen molar-refractivity contribution in [1.29, 1.82) is 5.26 Å². The molecule has 1 atom stereocenters. The maximum Gasteiger partial charge on any atom is 0.282 e. The van der Waals surface area contributed by atoms with Crippen molar-refractivity contribution in [2.24, 2.45) is 0 Å². The predicted octanol–water partition coefficient (Wildman–Crippen LogP) is 3.91. The zero-order valence-corrected chi connectivity index (χ0v) is 15.5. The van der Waals surface area contributed by atoms with Gasteiger partial charge >= 0.3 is 0 Å². The highest BCUT2D eigenvalue weighted by molar-refractivity contribution is 5.95. The number of carbonyl (C=O) groups excluding carboxylic acids is 1. The molecule has 1 heterocycles. The van der Waals surface area contributed by atoms with Crippen molar-refractivity contribution in [3.05, 3.63) is 28.8 Å². The molecule has 0 aliphatic carbocycles. The van der Waals surface area contributed by atoms with Crippen LogP contribution in [0.2, 0.25) is 0 Å². The molecule has 0 spiro atoms. The van der Waals surface area contributed by atoms with E-state index in [2.05, 4.69) is 25.2 Å². The first-order valence-corrected chi connectivity index (χ1v) is 9.15.